The van der Waals surface area contributed by atoms with Crippen molar-refractivity contribution in [2.45, 2.75) is 6.92 Å². The molecule has 1 radical (unpaired) electrons. The van der Waals surface area contributed by atoms with Gasteiger partial charge in [-0.25, -0.2) is 0 Å². The summed E-state index contributed by atoms with van der Waals surface area (Å²) in [5.74, 6) is 0.790. The molecule has 0 saturated carbocycles. The summed E-state index contributed by atoms with van der Waals surface area (Å²) < 4.78 is 8.59. The van der Waals surface area contributed by atoms with E-state index in [1.807, 2.05) is 109 Å². The second-order valence-corrected chi connectivity index (χ2v) is 10.8. The molecule has 0 unspecified atom stereocenters. The van der Waals surface area contributed by atoms with E-state index in [0.717, 1.165) is 77.8 Å². The van der Waals surface area contributed by atoms with Crippen LogP contribution in [0.4, 0.5) is 0 Å². The molecule has 5 aromatic carbocycles. The first-order chi connectivity index (χ1) is 22.3. The Hall–Kier alpha value is -5.42. The maximum Gasteiger partial charge on any atom is 0.120 e. The number of furan rings is 1. The van der Waals surface area contributed by atoms with E-state index in [4.69, 9.17) is 9.40 Å². The molecule has 0 fully saturated rings. The summed E-state index contributed by atoms with van der Waals surface area (Å²) in [7, 11) is 0. The Bertz CT molecular complexity index is 2400. The van der Waals surface area contributed by atoms with E-state index in [-0.39, 0.29) is 20.1 Å². The van der Waals surface area contributed by atoms with E-state index in [0.29, 0.717) is 0 Å². The number of hydrogen-bond donors (Lipinski definition) is 0. The zero-order valence-corrected chi connectivity index (χ0v) is 27.2. The van der Waals surface area contributed by atoms with Gasteiger partial charge in [-0.15, -0.1) is 53.6 Å². The van der Waals surface area contributed by atoms with E-state index in [2.05, 4.69) is 57.9 Å². The van der Waals surface area contributed by atoms with Crippen molar-refractivity contribution in [1.29, 1.82) is 0 Å². The van der Waals surface area contributed by atoms with Crippen molar-refractivity contribution in [2.24, 2.45) is 0 Å². The van der Waals surface area contributed by atoms with Crippen LogP contribution in [0.2, 0.25) is 0 Å². The minimum absolute atomic E-state index is 0. The van der Waals surface area contributed by atoms with E-state index in [9.17, 15) is 0 Å². The van der Waals surface area contributed by atoms with Gasteiger partial charge in [-0.1, -0.05) is 84.6 Å². The number of nitrogens with zero attached hydrogens (tertiary/aromatic N) is 4. The van der Waals surface area contributed by atoms with Crippen molar-refractivity contribution in [3.63, 3.8) is 0 Å². The van der Waals surface area contributed by atoms with Crippen LogP contribution in [0.3, 0.4) is 0 Å². The molecule has 223 valence electrons. The Morgan fingerprint density at radius 2 is 1.46 bits per heavy atom. The van der Waals surface area contributed by atoms with Gasteiger partial charge in [0.2, 0.25) is 0 Å². The number of para-hydroxylation sites is 3. The molecule has 0 aliphatic rings. The number of pyridine rings is 2. The van der Waals surface area contributed by atoms with Crippen LogP contribution in [0.15, 0.2) is 144 Å². The number of hydrogen-bond acceptors (Lipinski definition) is 4. The first-order valence-electron chi connectivity index (χ1n) is 14.8. The maximum atomic E-state index is 6.39. The van der Waals surface area contributed by atoms with Gasteiger partial charge in [0.25, 0.3) is 0 Å². The quantitative estimate of drug-likeness (QED) is 0.168. The number of imidazole rings is 1. The third-order valence-corrected chi connectivity index (χ3v) is 7.93. The molecular formula is C40H26IrN4O-2. The van der Waals surface area contributed by atoms with Crippen molar-refractivity contribution in [1.82, 2.24) is 19.5 Å². The van der Waals surface area contributed by atoms with Crippen LogP contribution in [0, 0.1) is 19.1 Å². The van der Waals surface area contributed by atoms with Crippen LogP contribution in [0.5, 0.6) is 0 Å². The summed E-state index contributed by atoms with van der Waals surface area (Å²) in [6.45, 7) is 2.10. The third-order valence-electron chi connectivity index (χ3n) is 7.93. The zero-order chi connectivity index (χ0) is 30.2. The first-order valence-corrected chi connectivity index (χ1v) is 14.8. The maximum absolute atomic E-state index is 6.39. The Balaban J connectivity index is 0.000000220. The van der Waals surface area contributed by atoms with Crippen LogP contribution < -0.4 is 0 Å². The molecule has 0 saturated heterocycles. The topological polar surface area (TPSA) is 56.7 Å². The van der Waals surface area contributed by atoms with Crippen molar-refractivity contribution >= 4 is 43.9 Å². The fourth-order valence-electron chi connectivity index (χ4n) is 5.87. The number of aromatic nitrogens is 4. The normalized spacial score (nSPS) is 11.0. The van der Waals surface area contributed by atoms with Crippen LogP contribution in [0.1, 0.15) is 5.56 Å². The molecular weight excluding hydrogens is 745 g/mol. The minimum atomic E-state index is 0. The van der Waals surface area contributed by atoms with Crippen molar-refractivity contribution in [3.05, 3.63) is 157 Å². The molecule has 0 amide bonds. The first kappa shape index (κ1) is 29.3. The van der Waals surface area contributed by atoms with Crippen LogP contribution in [-0.4, -0.2) is 19.5 Å². The summed E-state index contributed by atoms with van der Waals surface area (Å²) >= 11 is 0. The van der Waals surface area contributed by atoms with Gasteiger partial charge in [-0.3, -0.25) is 9.97 Å². The zero-order valence-electron chi connectivity index (χ0n) is 24.8. The summed E-state index contributed by atoms with van der Waals surface area (Å²) in [5.41, 5.74) is 9.50. The van der Waals surface area contributed by atoms with Crippen molar-refractivity contribution in [3.8, 4) is 28.3 Å². The fourth-order valence-corrected chi connectivity index (χ4v) is 5.87. The molecule has 46 heavy (non-hydrogen) atoms. The van der Waals surface area contributed by atoms with Crippen LogP contribution in [-0.2, 0) is 20.1 Å². The number of fused-ring (bicyclic) bond motifs is 6. The van der Waals surface area contributed by atoms with Crippen molar-refractivity contribution in [2.75, 3.05) is 0 Å². The van der Waals surface area contributed by atoms with E-state index < -0.39 is 0 Å². The van der Waals surface area contributed by atoms with Gasteiger partial charge >= 0.3 is 0 Å². The second kappa shape index (κ2) is 12.5. The largest absolute Gasteiger partial charge is 0.501 e. The van der Waals surface area contributed by atoms with Crippen LogP contribution in [0.25, 0.3) is 72.2 Å². The number of benzene rings is 5. The smallest absolute Gasteiger partial charge is 0.120 e. The molecule has 9 aromatic rings. The minimum Gasteiger partial charge on any atom is -0.501 e. The molecule has 4 aromatic heterocycles. The van der Waals surface area contributed by atoms with Gasteiger partial charge < -0.3 is 14.0 Å². The molecule has 5 nitrogen and oxygen atoms in total. The Morgan fingerprint density at radius 1 is 0.696 bits per heavy atom. The molecule has 0 atom stereocenters. The SMILES string of the molecule is Cc1c[c-]c(-c2nc3cnc4ccccc4c3n2-c2ccccc2)c2oc3ccccc3c12.[Ir].[c-]1ccccc1-c1ccccn1. The molecule has 0 aliphatic carbocycles. The van der Waals surface area contributed by atoms with Gasteiger partial charge in [0.05, 0.1) is 34.2 Å². The predicted octanol–water partition coefficient (Wildman–Crippen LogP) is 9.79. The predicted molar refractivity (Wildman–Crippen MR) is 181 cm³/mol. The fraction of sp³-hybridized carbons (Fsp3) is 0.0250. The van der Waals surface area contributed by atoms with Crippen LogP contribution >= 0.6 is 0 Å². The molecule has 0 aliphatic heterocycles. The average Bonchev–Trinajstić information content (AvgIpc) is 3.70. The van der Waals surface area contributed by atoms with E-state index >= 15 is 0 Å². The molecule has 9 rings (SSSR count). The van der Waals surface area contributed by atoms with E-state index in [1.54, 1.807) is 6.20 Å². The Labute approximate surface area is 279 Å². The van der Waals surface area contributed by atoms with Crippen molar-refractivity contribution < 1.29 is 24.5 Å². The summed E-state index contributed by atoms with van der Waals surface area (Å²) in [5, 5.41) is 3.27. The summed E-state index contributed by atoms with van der Waals surface area (Å²) in [6.07, 6.45) is 3.64. The summed E-state index contributed by atoms with van der Waals surface area (Å²) in [4.78, 5) is 13.9. The van der Waals surface area contributed by atoms with Gasteiger partial charge in [0.15, 0.2) is 0 Å². The molecule has 0 spiro atoms. The summed E-state index contributed by atoms with van der Waals surface area (Å²) in [6, 6.07) is 49.0. The Kier molecular flexibility index (Phi) is 7.98. The molecule has 0 bridgehead atoms. The van der Waals surface area contributed by atoms with Gasteiger partial charge in [-0.05, 0) is 36.0 Å². The number of aryl methyl sites for hydroxylation is 1. The molecule has 6 heteroatoms. The molecule has 4 heterocycles. The second-order valence-electron chi connectivity index (χ2n) is 10.8. The standard InChI is InChI=1S/C29H18N3O.C11H8N.Ir/c1-18-15-16-22(28-26(18)21-12-6-8-14-25(21)33-28)29-31-24-17-30-23-13-7-5-11-20(23)27(24)32(29)19-9-3-2-4-10-19;1-2-6-10(7-3-1)11-8-4-5-9-12-11;/h2-15,17H,1H3;1-6,8-9H;/q2*-1;. The Morgan fingerprint density at radius 3 is 2.26 bits per heavy atom. The van der Waals surface area contributed by atoms with Gasteiger partial charge in [-0.2, -0.15) is 0 Å². The monoisotopic (exact) mass is 771 g/mol. The third kappa shape index (κ3) is 5.18. The molecule has 0 N–H and O–H groups in total. The average molecular weight is 771 g/mol. The van der Waals surface area contributed by atoms with E-state index in [1.165, 1.54) is 0 Å². The number of rotatable bonds is 3. The van der Waals surface area contributed by atoms with Gasteiger partial charge in [0.1, 0.15) is 5.58 Å². The van der Waals surface area contributed by atoms with Gasteiger partial charge in [0, 0.05) is 42.8 Å².